The van der Waals surface area contributed by atoms with Crippen LogP contribution in [-0.4, -0.2) is 48.3 Å². The summed E-state index contributed by atoms with van der Waals surface area (Å²) in [5.41, 5.74) is 0. The molecule has 0 aromatic carbocycles. The molecule has 2 aliphatic rings. The van der Waals surface area contributed by atoms with Gasteiger partial charge < -0.3 is 10.4 Å². The second kappa shape index (κ2) is 4.60. The predicted octanol–water partition coefficient (Wildman–Crippen LogP) is 0.441. The Morgan fingerprint density at radius 3 is 3.00 bits per heavy atom. The van der Waals surface area contributed by atoms with Gasteiger partial charge in [0.05, 0.1) is 6.61 Å². The molecule has 2 aliphatic heterocycles. The van der Waals surface area contributed by atoms with Gasteiger partial charge in [0.1, 0.15) is 0 Å². The number of aliphatic hydroxyl groups excluding tert-OH is 1. The van der Waals surface area contributed by atoms with E-state index in [4.69, 9.17) is 0 Å². The van der Waals surface area contributed by atoms with Gasteiger partial charge in [-0.25, -0.2) is 0 Å². The van der Waals surface area contributed by atoms with Gasteiger partial charge in [-0.05, 0) is 38.3 Å². The average Bonchev–Trinajstić information content (AvgIpc) is 2.65. The first-order chi connectivity index (χ1) is 6.81. The van der Waals surface area contributed by atoms with E-state index in [1.54, 1.807) is 0 Å². The quantitative estimate of drug-likeness (QED) is 0.676. The van der Waals surface area contributed by atoms with Crippen molar-refractivity contribution in [1.29, 1.82) is 0 Å². The number of piperidine rings is 1. The molecule has 2 N–H and O–H groups in total. The molecule has 2 fully saturated rings. The Bertz CT molecular complexity index is 186. The minimum Gasteiger partial charge on any atom is -0.395 e. The largest absolute Gasteiger partial charge is 0.395 e. The third kappa shape index (κ3) is 2.10. The molecule has 0 bridgehead atoms. The van der Waals surface area contributed by atoms with Crippen molar-refractivity contribution in [3.8, 4) is 0 Å². The van der Waals surface area contributed by atoms with Crippen molar-refractivity contribution in [2.24, 2.45) is 5.92 Å². The Morgan fingerprint density at radius 2 is 2.29 bits per heavy atom. The van der Waals surface area contributed by atoms with Crippen LogP contribution in [0.15, 0.2) is 0 Å². The van der Waals surface area contributed by atoms with Crippen LogP contribution < -0.4 is 5.32 Å². The van der Waals surface area contributed by atoms with Crippen LogP contribution in [-0.2, 0) is 0 Å². The molecule has 0 radical (unpaired) electrons. The van der Waals surface area contributed by atoms with Crippen LogP contribution in [0.4, 0.5) is 0 Å². The number of aliphatic hydroxyl groups is 1. The van der Waals surface area contributed by atoms with E-state index in [1.165, 1.54) is 25.8 Å². The third-order valence-electron chi connectivity index (χ3n) is 3.65. The molecule has 2 rings (SSSR count). The molecule has 14 heavy (non-hydrogen) atoms. The highest BCUT2D eigenvalue weighted by molar-refractivity contribution is 4.88. The fourth-order valence-electron chi connectivity index (χ4n) is 2.91. The molecule has 2 heterocycles. The first kappa shape index (κ1) is 10.4. The molecule has 3 atom stereocenters. The number of likely N-dealkylation sites (tertiary alicyclic amines) is 1. The molecular weight excluding hydrogens is 176 g/mol. The third-order valence-corrected chi connectivity index (χ3v) is 3.65. The van der Waals surface area contributed by atoms with Crippen molar-refractivity contribution in [3.05, 3.63) is 0 Å². The van der Waals surface area contributed by atoms with E-state index in [0.717, 1.165) is 19.0 Å². The van der Waals surface area contributed by atoms with Crippen LogP contribution >= 0.6 is 0 Å². The van der Waals surface area contributed by atoms with E-state index in [9.17, 15) is 5.11 Å². The number of rotatable bonds is 2. The molecule has 0 aliphatic carbocycles. The van der Waals surface area contributed by atoms with Crippen molar-refractivity contribution in [1.82, 2.24) is 10.2 Å². The minimum atomic E-state index is 0.338. The zero-order chi connectivity index (χ0) is 9.97. The maximum absolute atomic E-state index is 9.27. The van der Waals surface area contributed by atoms with Gasteiger partial charge >= 0.3 is 0 Å². The fraction of sp³-hybridized carbons (Fsp3) is 1.00. The smallest absolute Gasteiger partial charge is 0.0587 e. The van der Waals surface area contributed by atoms with Gasteiger partial charge in [0.25, 0.3) is 0 Å². The first-order valence-corrected chi connectivity index (χ1v) is 5.88. The van der Waals surface area contributed by atoms with Crippen LogP contribution in [0, 0.1) is 5.92 Å². The predicted molar refractivity (Wildman–Crippen MR) is 57.3 cm³/mol. The lowest BCUT2D eigenvalue weighted by atomic mass is 9.96. The van der Waals surface area contributed by atoms with Crippen molar-refractivity contribution in [2.45, 2.75) is 38.3 Å². The van der Waals surface area contributed by atoms with Gasteiger partial charge in [-0.3, -0.25) is 4.90 Å². The Kier molecular flexibility index (Phi) is 3.42. The number of nitrogens with one attached hydrogen (secondary N) is 1. The summed E-state index contributed by atoms with van der Waals surface area (Å²) >= 11 is 0. The number of nitrogens with zero attached hydrogens (tertiary/aromatic N) is 1. The lowest BCUT2D eigenvalue weighted by molar-refractivity contribution is 0.0933. The zero-order valence-electron chi connectivity index (χ0n) is 9.08. The summed E-state index contributed by atoms with van der Waals surface area (Å²) in [7, 11) is 0. The van der Waals surface area contributed by atoms with Gasteiger partial charge in [0, 0.05) is 18.6 Å². The van der Waals surface area contributed by atoms with E-state index in [1.807, 2.05) is 0 Å². The highest BCUT2D eigenvalue weighted by Gasteiger charge is 2.32. The Morgan fingerprint density at radius 1 is 1.43 bits per heavy atom. The van der Waals surface area contributed by atoms with E-state index in [2.05, 4.69) is 17.1 Å². The van der Waals surface area contributed by atoms with Crippen LogP contribution in [0.2, 0.25) is 0 Å². The summed E-state index contributed by atoms with van der Waals surface area (Å²) in [4.78, 5) is 2.52. The normalized spacial score (nSPS) is 40.3. The lowest BCUT2D eigenvalue weighted by Crippen LogP contribution is -2.51. The highest BCUT2D eigenvalue weighted by atomic mass is 16.3. The lowest BCUT2D eigenvalue weighted by Gasteiger charge is -2.37. The standard InChI is InChI=1S/C11H22N2O/c1-9-5-11(7-12-6-9)13-4-2-3-10(13)8-14/h9-12,14H,2-8H2,1H3/t9?,10-,11?/m1/s1. The van der Waals surface area contributed by atoms with Crippen molar-refractivity contribution < 1.29 is 5.11 Å². The van der Waals surface area contributed by atoms with Gasteiger partial charge in [-0.15, -0.1) is 0 Å². The monoisotopic (exact) mass is 198 g/mol. The summed E-state index contributed by atoms with van der Waals surface area (Å²) in [5.74, 6) is 0.786. The number of hydrogen-bond acceptors (Lipinski definition) is 3. The maximum atomic E-state index is 9.27. The van der Waals surface area contributed by atoms with Crippen LogP contribution in [0.1, 0.15) is 26.2 Å². The van der Waals surface area contributed by atoms with E-state index < -0.39 is 0 Å². The SMILES string of the molecule is CC1CNCC(N2CCC[C@@H]2CO)C1. The van der Waals surface area contributed by atoms with Crippen molar-refractivity contribution >= 4 is 0 Å². The molecule has 0 aromatic heterocycles. The second-order valence-electron chi connectivity index (χ2n) is 4.87. The van der Waals surface area contributed by atoms with Crippen molar-refractivity contribution in [2.75, 3.05) is 26.2 Å². The van der Waals surface area contributed by atoms with Gasteiger partial charge in [0.15, 0.2) is 0 Å². The summed E-state index contributed by atoms with van der Waals surface area (Å²) in [6.45, 7) is 6.10. The summed E-state index contributed by atoms with van der Waals surface area (Å²) < 4.78 is 0. The number of hydrogen-bond donors (Lipinski definition) is 2. The highest BCUT2D eigenvalue weighted by Crippen LogP contribution is 2.24. The zero-order valence-corrected chi connectivity index (χ0v) is 9.08. The van der Waals surface area contributed by atoms with E-state index >= 15 is 0 Å². The Labute approximate surface area is 86.5 Å². The van der Waals surface area contributed by atoms with Crippen LogP contribution in [0.5, 0.6) is 0 Å². The molecule has 0 aromatic rings. The van der Waals surface area contributed by atoms with Gasteiger partial charge in [-0.2, -0.15) is 0 Å². The van der Waals surface area contributed by atoms with E-state index in [0.29, 0.717) is 18.7 Å². The first-order valence-electron chi connectivity index (χ1n) is 5.88. The summed E-state index contributed by atoms with van der Waals surface area (Å²) in [5, 5.41) is 12.8. The molecule has 2 saturated heterocycles. The molecular formula is C11H22N2O. The molecule has 0 saturated carbocycles. The second-order valence-corrected chi connectivity index (χ2v) is 4.87. The van der Waals surface area contributed by atoms with Gasteiger partial charge in [-0.1, -0.05) is 6.92 Å². The van der Waals surface area contributed by atoms with Crippen LogP contribution in [0.25, 0.3) is 0 Å². The molecule has 2 unspecified atom stereocenters. The van der Waals surface area contributed by atoms with Crippen molar-refractivity contribution in [3.63, 3.8) is 0 Å². The van der Waals surface area contributed by atoms with Gasteiger partial charge in [0.2, 0.25) is 0 Å². The average molecular weight is 198 g/mol. The summed E-state index contributed by atoms with van der Waals surface area (Å²) in [6.07, 6.45) is 3.74. The maximum Gasteiger partial charge on any atom is 0.0587 e. The Hall–Kier alpha value is -0.120. The summed E-state index contributed by atoms with van der Waals surface area (Å²) in [6, 6.07) is 1.10. The Balaban J connectivity index is 1.92. The fourth-order valence-corrected chi connectivity index (χ4v) is 2.91. The molecule has 0 spiro atoms. The van der Waals surface area contributed by atoms with Crippen LogP contribution in [0.3, 0.4) is 0 Å². The molecule has 82 valence electrons. The molecule has 3 nitrogen and oxygen atoms in total. The topological polar surface area (TPSA) is 35.5 Å². The minimum absolute atomic E-state index is 0.338. The van der Waals surface area contributed by atoms with E-state index in [-0.39, 0.29) is 0 Å². The molecule has 0 amide bonds. The molecule has 3 heteroatoms.